The van der Waals surface area contributed by atoms with E-state index in [2.05, 4.69) is 17.2 Å². The molecule has 0 bridgehead atoms. The maximum atomic E-state index is 12.9. The smallest absolute Gasteiger partial charge is 0.319 e. The molecule has 168 valence electrons. The molecule has 6 heteroatoms. The van der Waals surface area contributed by atoms with Crippen LogP contribution in [0.3, 0.4) is 0 Å². The van der Waals surface area contributed by atoms with Gasteiger partial charge in [-0.15, -0.1) is 0 Å². The highest BCUT2D eigenvalue weighted by atomic mass is 16.5. The summed E-state index contributed by atoms with van der Waals surface area (Å²) in [5, 5.41) is 5.42. The fourth-order valence-electron chi connectivity index (χ4n) is 3.76. The molecule has 4 rings (SSSR count). The van der Waals surface area contributed by atoms with Crippen molar-refractivity contribution in [3.63, 3.8) is 0 Å². The van der Waals surface area contributed by atoms with E-state index in [1.165, 1.54) is 0 Å². The van der Waals surface area contributed by atoms with Crippen molar-refractivity contribution >= 4 is 12.0 Å². The number of ether oxygens (including phenoxy) is 2. The quantitative estimate of drug-likeness (QED) is 0.503. The first-order chi connectivity index (χ1) is 16.1. The van der Waals surface area contributed by atoms with E-state index in [4.69, 9.17) is 9.47 Å². The predicted octanol–water partition coefficient (Wildman–Crippen LogP) is 4.54. The minimum Gasteiger partial charge on any atom is -0.489 e. The zero-order valence-corrected chi connectivity index (χ0v) is 18.2. The third-order valence-corrected chi connectivity index (χ3v) is 5.49. The van der Waals surface area contributed by atoms with E-state index < -0.39 is 24.0 Å². The van der Waals surface area contributed by atoms with E-state index >= 15 is 0 Å². The SMILES string of the molecule is C=C1NC(=O)NC(c2ccc(OCc3ccccc3)cc2)C1C(=O)OCCc1ccccc1. The molecule has 3 aromatic rings. The average molecular weight is 443 g/mol. The van der Waals surface area contributed by atoms with Crippen molar-refractivity contribution in [3.05, 3.63) is 114 Å². The molecule has 1 fully saturated rings. The molecule has 33 heavy (non-hydrogen) atoms. The first-order valence-corrected chi connectivity index (χ1v) is 10.8. The Labute approximate surface area is 193 Å². The second-order valence-electron chi connectivity index (χ2n) is 7.83. The van der Waals surface area contributed by atoms with Crippen LogP contribution in [0.1, 0.15) is 22.7 Å². The van der Waals surface area contributed by atoms with Gasteiger partial charge in [-0.3, -0.25) is 4.79 Å². The molecule has 0 aromatic heterocycles. The van der Waals surface area contributed by atoms with Crippen molar-refractivity contribution in [2.45, 2.75) is 19.1 Å². The maximum absolute atomic E-state index is 12.9. The van der Waals surface area contributed by atoms with Gasteiger partial charge in [-0.1, -0.05) is 79.4 Å². The van der Waals surface area contributed by atoms with Crippen LogP contribution in [0.5, 0.6) is 5.75 Å². The maximum Gasteiger partial charge on any atom is 0.319 e. The Kier molecular flexibility index (Phi) is 7.05. The van der Waals surface area contributed by atoms with Gasteiger partial charge in [-0.05, 0) is 28.8 Å². The number of amides is 2. The number of carbonyl (C=O) groups is 2. The van der Waals surface area contributed by atoms with Gasteiger partial charge in [0.1, 0.15) is 18.3 Å². The summed E-state index contributed by atoms with van der Waals surface area (Å²) in [5.41, 5.74) is 3.24. The van der Waals surface area contributed by atoms with Gasteiger partial charge >= 0.3 is 12.0 Å². The summed E-state index contributed by atoms with van der Waals surface area (Å²) in [4.78, 5) is 25.0. The number of carbonyl (C=O) groups excluding carboxylic acids is 2. The van der Waals surface area contributed by atoms with E-state index in [-0.39, 0.29) is 6.61 Å². The third kappa shape index (κ3) is 5.80. The van der Waals surface area contributed by atoms with E-state index in [0.717, 1.165) is 16.7 Å². The van der Waals surface area contributed by atoms with Crippen molar-refractivity contribution < 1.29 is 19.1 Å². The molecule has 0 radical (unpaired) electrons. The van der Waals surface area contributed by atoms with Gasteiger partial charge in [0.2, 0.25) is 0 Å². The Bertz CT molecular complexity index is 1100. The van der Waals surface area contributed by atoms with Crippen LogP contribution in [-0.2, 0) is 22.6 Å². The summed E-state index contributed by atoms with van der Waals surface area (Å²) in [6, 6.07) is 26.0. The number of esters is 1. The first-order valence-electron chi connectivity index (χ1n) is 10.8. The molecule has 3 aromatic carbocycles. The summed E-state index contributed by atoms with van der Waals surface area (Å²) < 4.78 is 11.4. The topological polar surface area (TPSA) is 76.7 Å². The molecule has 2 atom stereocenters. The molecule has 0 aliphatic carbocycles. The summed E-state index contributed by atoms with van der Waals surface area (Å²) in [5.74, 6) is -0.476. The molecule has 1 saturated heterocycles. The van der Waals surface area contributed by atoms with Crippen LogP contribution in [0.15, 0.2) is 97.2 Å². The number of hydrogen-bond acceptors (Lipinski definition) is 4. The van der Waals surface area contributed by atoms with Crippen molar-refractivity contribution in [1.29, 1.82) is 0 Å². The van der Waals surface area contributed by atoms with Crippen LogP contribution >= 0.6 is 0 Å². The monoisotopic (exact) mass is 442 g/mol. The number of nitrogens with one attached hydrogen (secondary N) is 2. The summed E-state index contributed by atoms with van der Waals surface area (Å²) in [6.45, 7) is 4.60. The largest absolute Gasteiger partial charge is 0.489 e. The Balaban J connectivity index is 1.41. The van der Waals surface area contributed by atoms with Crippen molar-refractivity contribution in [2.24, 2.45) is 5.92 Å². The minimum absolute atomic E-state index is 0.250. The Morgan fingerprint density at radius 1 is 0.879 bits per heavy atom. The van der Waals surface area contributed by atoms with Crippen LogP contribution in [0.4, 0.5) is 4.79 Å². The predicted molar refractivity (Wildman–Crippen MR) is 125 cm³/mol. The number of urea groups is 1. The molecule has 2 unspecified atom stereocenters. The van der Waals surface area contributed by atoms with Gasteiger partial charge in [0.05, 0.1) is 12.6 Å². The highest BCUT2D eigenvalue weighted by Gasteiger charge is 2.38. The lowest BCUT2D eigenvalue weighted by Crippen LogP contribution is -2.51. The summed E-state index contributed by atoms with van der Waals surface area (Å²) >= 11 is 0. The highest BCUT2D eigenvalue weighted by molar-refractivity contribution is 5.85. The molecule has 2 N–H and O–H groups in total. The van der Waals surface area contributed by atoms with Gasteiger partial charge in [0.25, 0.3) is 0 Å². The molecule has 1 heterocycles. The molecular weight excluding hydrogens is 416 g/mol. The number of benzene rings is 3. The molecule has 0 saturated carbocycles. The van der Waals surface area contributed by atoms with Crippen LogP contribution < -0.4 is 15.4 Å². The van der Waals surface area contributed by atoms with E-state index in [1.54, 1.807) is 0 Å². The molecule has 2 amide bonds. The number of hydrogen-bond donors (Lipinski definition) is 2. The lowest BCUT2D eigenvalue weighted by molar-refractivity contribution is -0.148. The second-order valence-corrected chi connectivity index (χ2v) is 7.83. The van der Waals surface area contributed by atoms with Crippen molar-refractivity contribution in [3.8, 4) is 5.75 Å². The normalized spacial score (nSPS) is 17.6. The van der Waals surface area contributed by atoms with Gasteiger partial charge in [-0.2, -0.15) is 0 Å². The fourth-order valence-corrected chi connectivity index (χ4v) is 3.76. The standard InChI is InChI=1S/C27H26N2O4/c1-19-24(26(30)32-17-16-20-8-4-2-5-9-20)25(29-27(31)28-19)22-12-14-23(15-13-22)33-18-21-10-6-3-7-11-21/h2-15,24-25H,1,16-18H2,(H2,28,29,31). The van der Waals surface area contributed by atoms with Gasteiger partial charge in [-0.25, -0.2) is 4.79 Å². The summed E-state index contributed by atoms with van der Waals surface area (Å²) in [6.07, 6.45) is 0.615. The van der Waals surface area contributed by atoms with Gasteiger partial charge in [0, 0.05) is 12.1 Å². The van der Waals surface area contributed by atoms with E-state index in [1.807, 2.05) is 84.9 Å². The van der Waals surface area contributed by atoms with Crippen LogP contribution in [0.2, 0.25) is 0 Å². The molecular formula is C27H26N2O4. The zero-order chi connectivity index (χ0) is 23.0. The Morgan fingerprint density at radius 2 is 1.52 bits per heavy atom. The molecule has 6 nitrogen and oxygen atoms in total. The van der Waals surface area contributed by atoms with Gasteiger partial charge in [0.15, 0.2) is 0 Å². The average Bonchev–Trinajstić information content (AvgIpc) is 2.84. The number of rotatable bonds is 8. The highest BCUT2D eigenvalue weighted by Crippen LogP contribution is 2.31. The molecule has 0 spiro atoms. The third-order valence-electron chi connectivity index (χ3n) is 5.49. The van der Waals surface area contributed by atoms with Crippen molar-refractivity contribution in [2.75, 3.05) is 6.61 Å². The lowest BCUT2D eigenvalue weighted by Gasteiger charge is -2.33. The Morgan fingerprint density at radius 3 is 2.18 bits per heavy atom. The fraction of sp³-hybridized carbons (Fsp3) is 0.185. The Hall–Kier alpha value is -4.06. The van der Waals surface area contributed by atoms with Crippen LogP contribution in [0.25, 0.3) is 0 Å². The van der Waals surface area contributed by atoms with Crippen molar-refractivity contribution in [1.82, 2.24) is 10.6 Å². The van der Waals surface area contributed by atoms with Crippen LogP contribution in [0, 0.1) is 5.92 Å². The van der Waals surface area contributed by atoms with Gasteiger partial charge < -0.3 is 20.1 Å². The molecule has 1 aliphatic rings. The molecule has 1 aliphatic heterocycles. The van der Waals surface area contributed by atoms with E-state index in [9.17, 15) is 9.59 Å². The summed E-state index contributed by atoms with van der Waals surface area (Å²) in [7, 11) is 0. The zero-order valence-electron chi connectivity index (χ0n) is 18.2. The van der Waals surface area contributed by atoms with E-state index in [0.29, 0.717) is 24.5 Å². The minimum atomic E-state index is -0.741. The first kappa shape index (κ1) is 22.1. The second kappa shape index (κ2) is 10.5. The lowest BCUT2D eigenvalue weighted by atomic mass is 9.89. The van der Waals surface area contributed by atoms with Crippen LogP contribution in [-0.4, -0.2) is 18.6 Å².